The van der Waals surface area contributed by atoms with Crippen molar-refractivity contribution < 1.29 is 17.9 Å². The number of nitrogens with zero attached hydrogens (tertiary/aromatic N) is 3. The summed E-state index contributed by atoms with van der Waals surface area (Å²) in [6, 6.07) is 4.40. The Balaban J connectivity index is 2.18. The molecule has 1 aromatic heterocycles. The van der Waals surface area contributed by atoms with Gasteiger partial charge in [-0.2, -0.15) is 4.98 Å². The van der Waals surface area contributed by atoms with Crippen LogP contribution in [0.1, 0.15) is 5.89 Å². The van der Waals surface area contributed by atoms with Crippen LogP contribution in [0.25, 0.3) is 0 Å². The highest BCUT2D eigenvalue weighted by atomic mass is 32.2. The van der Waals surface area contributed by atoms with E-state index in [1.807, 2.05) is 0 Å². The quantitative estimate of drug-likeness (QED) is 0.569. The molecule has 0 atom stereocenters. The van der Waals surface area contributed by atoms with Crippen LogP contribution < -0.4 is 10.5 Å². The van der Waals surface area contributed by atoms with Crippen LogP contribution in [-0.4, -0.2) is 30.0 Å². The number of nitrogens with two attached hydrogens (primary N) is 1. The van der Waals surface area contributed by atoms with Gasteiger partial charge in [-0.3, -0.25) is 10.1 Å². The van der Waals surface area contributed by atoms with E-state index >= 15 is 0 Å². The van der Waals surface area contributed by atoms with E-state index in [1.165, 1.54) is 0 Å². The van der Waals surface area contributed by atoms with Gasteiger partial charge in [0.05, 0.1) is 9.82 Å². The van der Waals surface area contributed by atoms with Gasteiger partial charge in [0.15, 0.2) is 0 Å². The summed E-state index contributed by atoms with van der Waals surface area (Å²) in [6.07, 6.45) is 0.326. The van der Waals surface area contributed by atoms with Crippen LogP contribution in [0.15, 0.2) is 33.7 Å². The Morgan fingerprint density at radius 1 is 1.33 bits per heavy atom. The van der Waals surface area contributed by atoms with Gasteiger partial charge in [0.1, 0.15) is 0 Å². The van der Waals surface area contributed by atoms with Crippen LogP contribution >= 0.6 is 0 Å². The van der Waals surface area contributed by atoms with E-state index in [4.69, 9.17) is 10.3 Å². The number of nitro benzene ring substituents is 1. The molecule has 0 spiro atoms. The average Bonchev–Trinajstić information content (AvgIpc) is 2.86. The molecule has 0 saturated carbocycles. The van der Waals surface area contributed by atoms with Crippen molar-refractivity contribution in [2.45, 2.75) is 11.3 Å². The second-order valence-corrected chi connectivity index (χ2v) is 5.59. The van der Waals surface area contributed by atoms with Crippen molar-refractivity contribution in [3.63, 3.8) is 0 Å². The summed E-state index contributed by atoms with van der Waals surface area (Å²) >= 11 is 0. The third-order valence-electron chi connectivity index (χ3n) is 2.41. The lowest BCUT2D eigenvalue weighted by atomic mass is 10.3. The predicted octanol–water partition coefficient (Wildman–Crippen LogP) is 0.280. The molecule has 0 bridgehead atoms. The van der Waals surface area contributed by atoms with Crippen molar-refractivity contribution >= 4 is 21.7 Å². The number of nitro groups is 1. The normalized spacial score (nSPS) is 11.3. The summed E-state index contributed by atoms with van der Waals surface area (Å²) in [7, 11) is -3.95. The van der Waals surface area contributed by atoms with Crippen molar-refractivity contribution in [3.05, 3.63) is 40.3 Å². The lowest BCUT2D eigenvalue weighted by molar-refractivity contribution is -0.384. The molecule has 11 heteroatoms. The maximum Gasteiger partial charge on any atom is 0.277 e. The highest BCUT2D eigenvalue weighted by Gasteiger charge is 2.18. The van der Waals surface area contributed by atoms with Gasteiger partial charge in [-0.25, -0.2) is 13.1 Å². The third kappa shape index (κ3) is 3.52. The molecule has 112 valence electrons. The summed E-state index contributed by atoms with van der Waals surface area (Å²) in [6.45, 7) is 0.288. The number of nitrogens with one attached hydrogen (secondary N) is 1. The van der Waals surface area contributed by atoms with Crippen molar-refractivity contribution in [1.82, 2.24) is 10.1 Å². The number of benzene rings is 1. The molecule has 10 nitrogen and oxygen atoms in total. The van der Waals surface area contributed by atoms with E-state index in [-0.39, 0.29) is 29.0 Å². The van der Waals surface area contributed by atoms with E-state index in [2.05, 4.69) is 14.9 Å². The minimum atomic E-state index is -3.95. The largest absolute Gasteiger partial charge is 0.337 e. The zero-order chi connectivity index (χ0) is 15.5. The lowest BCUT2D eigenvalue weighted by Gasteiger charge is -2.03. The Bertz CT molecular complexity index is 739. The number of non-ortho nitro benzene ring substituents is 1. The van der Waals surface area contributed by atoms with E-state index < -0.39 is 14.9 Å². The number of sulfonamides is 1. The molecule has 0 fully saturated rings. The lowest BCUT2D eigenvalue weighted by Crippen LogP contribution is -2.14. The number of anilines is 1. The smallest absolute Gasteiger partial charge is 0.277 e. The number of hydrogen-bond donors (Lipinski definition) is 2. The monoisotopic (exact) mass is 313 g/mol. The molecule has 0 amide bonds. The first-order valence-electron chi connectivity index (χ1n) is 5.72. The van der Waals surface area contributed by atoms with Gasteiger partial charge >= 0.3 is 0 Å². The Kier molecular flexibility index (Phi) is 4.14. The molecular formula is C10H11N5O5S. The molecule has 0 unspecified atom stereocenters. The van der Waals surface area contributed by atoms with Gasteiger partial charge in [0.25, 0.3) is 21.7 Å². The van der Waals surface area contributed by atoms with Crippen molar-refractivity contribution in [2.24, 2.45) is 5.73 Å². The first-order valence-corrected chi connectivity index (χ1v) is 7.20. The Labute approximate surface area is 119 Å². The highest BCUT2D eigenvalue weighted by Crippen LogP contribution is 2.18. The fourth-order valence-corrected chi connectivity index (χ4v) is 2.38. The van der Waals surface area contributed by atoms with Crippen LogP contribution in [0.2, 0.25) is 0 Å². The SMILES string of the molecule is NCCc1nc(NS(=O)(=O)c2ccc([N+](=O)[O-])cc2)no1. The first-order chi connectivity index (χ1) is 9.92. The third-order valence-corrected chi connectivity index (χ3v) is 3.75. The van der Waals surface area contributed by atoms with Gasteiger partial charge in [-0.1, -0.05) is 0 Å². The predicted molar refractivity (Wildman–Crippen MR) is 71.0 cm³/mol. The Morgan fingerprint density at radius 3 is 2.57 bits per heavy atom. The summed E-state index contributed by atoms with van der Waals surface area (Å²) in [5.74, 6) is -0.0179. The molecule has 0 radical (unpaired) electrons. The van der Waals surface area contributed by atoms with Crippen LogP contribution in [0.3, 0.4) is 0 Å². The van der Waals surface area contributed by atoms with E-state index in [1.54, 1.807) is 0 Å². The Morgan fingerprint density at radius 2 is 2.00 bits per heavy atom. The molecular weight excluding hydrogens is 302 g/mol. The highest BCUT2D eigenvalue weighted by molar-refractivity contribution is 7.92. The standard InChI is InChI=1S/C10H11N5O5S/c11-6-5-9-12-10(13-20-9)14-21(18,19)8-3-1-7(2-4-8)15(16)17/h1-4H,5-6,11H2,(H,13,14). The van der Waals surface area contributed by atoms with Crippen LogP contribution in [0, 0.1) is 10.1 Å². The summed E-state index contributed by atoms with van der Waals surface area (Å²) < 4.78 is 30.9. The summed E-state index contributed by atoms with van der Waals surface area (Å²) in [5.41, 5.74) is 5.10. The van der Waals surface area contributed by atoms with Crippen molar-refractivity contribution in [2.75, 3.05) is 11.3 Å². The molecule has 0 aliphatic heterocycles. The summed E-state index contributed by atoms with van der Waals surface area (Å²) in [4.78, 5) is 13.5. The first kappa shape index (κ1) is 14.9. The van der Waals surface area contributed by atoms with E-state index in [9.17, 15) is 18.5 Å². The van der Waals surface area contributed by atoms with Gasteiger partial charge in [-0.05, 0) is 17.3 Å². The molecule has 0 aliphatic rings. The van der Waals surface area contributed by atoms with Gasteiger partial charge in [-0.15, -0.1) is 0 Å². The molecule has 3 N–H and O–H groups in total. The summed E-state index contributed by atoms with van der Waals surface area (Å²) in [5, 5.41) is 14.0. The number of rotatable bonds is 6. The molecule has 1 heterocycles. The van der Waals surface area contributed by atoms with Crippen molar-refractivity contribution in [3.8, 4) is 0 Å². The maximum atomic E-state index is 12.0. The zero-order valence-corrected chi connectivity index (χ0v) is 11.4. The number of aromatic nitrogens is 2. The topological polar surface area (TPSA) is 154 Å². The van der Waals surface area contributed by atoms with Gasteiger partial charge in [0, 0.05) is 25.1 Å². The number of hydrogen-bond acceptors (Lipinski definition) is 8. The van der Waals surface area contributed by atoms with E-state index in [0.717, 1.165) is 24.3 Å². The second-order valence-electron chi connectivity index (χ2n) is 3.91. The maximum absolute atomic E-state index is 12.0. The fraction of sp³-hybridized carbons (Fsp3) is 0.200. The van der Waals surface area contributed by atoms with E-state index in [0.29, 0.717) is 6.42 Å². The molecule has 2 rings (SSSR count). The molecule has 21 heavy (non-hydrogen) atoms. The molecule has 2 aromatic rings. The minimum absolute atomic E-state index is 0.154. The van der Waals surface area contributed by atoms with Gasteiger partial charge in [0.2, 0.25) is 5.89 Å². The van der Waals surface area contributed by atoms with Gasteiger partial charge < -0.3 is 10.3 Å². The van der Waals surface area contributed by atoms with Crippen LogP contribution in [0.5, 0.6) is 0 Å². The van der Waals surface area contributed by atoms with Crippen LogP contribution in [-0.2, 0) is 16.4 Å². The molecule has 0 aliphatic carbocycles. The van der Waals surface area contributed by atoms with Crippen LogP contribution in [0.4, 0.5) is 11.6 Å². The average molecular weight is 313 g/mol. The molecule has 0 saturated heterocycles. The van der Waals surface area contributed by atoms with Crippen molar-refractivity contribution in [1.29, 1.82) is 0 Å². The second kappa shape index (κ2) is 5.85. The zero-order valence-electron chi connectivity index (χ0n) is 10.6. The fourth-order valence-electron chi connectivity index (χ4n) is 1.45. The minimum Gasteiger partial charge on any atom is -0.337 e. The Hall–Kier alpha value is -2.53. The molecule has 1 aromatic carbocycles.